The van der Waals surface area contributed by atoms with Gasteiger partial charge in [0, 0.05) is 22.6 Å². The van der Waals surface area contributed by atoms with Crippen LogP contribution in [-0.4, -0.2) is 17.8 Å². The van der Waals surface area contributed by atoms with Crippen molar-refractivity contribution in [1.29, 1.82) is 0 Å². The van der Waals surface area contributed by atoms with Crippen LogP contribution in [0.25, 0.3) is 0 Å². The predicted octanol–water partition coefficient (Wildman–Crippen LogP) is 5.87. The Morgan fingerprint density at radius 2 is 1.83 bits per heavy atom. The van der Waals surface area contributed by atoms with Gasteiger partial charge in [-0.05, 0) is 60.2 Å². The van der Waals surface area contributed by atoms with E-state index in [-0.39, 0.29) is 6.04 Å². The largest absolute Gasteiger partial charge is 0.497 e. The van der Waals surface area contributed by atoms with E-state index in [1.807, 2.05) is 30.3 Å². The summed E-state index contributed by atoms with van der Waals surface area (Å²) in [6.45, 7) is 0. The molecule has 0 amide bonds. The molecule has 152 valence electrons. The number of rotatable bonds is 3. The van der Waals surface area contributed by atoms with E-state index >= 15 is 0 Å². The molecule has 0 spiro atoms. The van der Waals surface area contributed by atoms with Gasteiger partial charge in [0.2, 0.25) is 6.23 Å². The Labute approximate surface area is 177 Å². The molecule has 0 saturated heterocycles. The van der Waals surface area contributed by atoms with E-state index in [0.717, 1.165) is 34.7 Å². The Morgan fingerprint density at radius 3 is 2.57 bits per heavy atom. The van der Waals surface area contributed by atoms with E-state index in [4.69, 9.17) is 26.2 Å². The average Bonchev–Trinajstić information content (AvgIpc) is 3.21. The number of fused-ring (bicyclic) bond motifs is 3. The molecular formula is C23H17ClF2N2O2. The first-order valence-corrected chi connectivity index (χ1v) is 9.82. The molecule has 0 radical (unpaired) electrons. The van der Waals surface area contributed by atoms with E-state index in [1.165, 1.54) is 6.07 Å². The van der Waals surface area contributed by atoms with Crippen molar-refractivity contribution < 1.29 is 18.3 Å². The number of hydrogen-bond acceptors (Lipinski definition) is 4. The van der Waals surface area contributed by atoms with Gasteiger partial charge in [-0.15, -0.1) is 0 Å². The van der Waals surface area contributed by atoms with Crippen LogP contribution >= 0.6 is 11.6 Å². The lowest BCUT2D eigenvalue weighted by Crippen LogP contribution is -2.33. The van der Waals surface area contributed by atoms with Crippen molar-refractivity contribution >= 4 is 17.3 Å². The monoisotopic (exact) mass is 426 g/mol. The first kappa shape index (κ1) is 18.9. The summed E-state index contributed by atoms with van der Waals surface area (Å²) in [5.74, 6) is -0.410. The fourth-order valence-corrected chi connectivity index (χ4v) is 4.08. The summed E-state index contributed by atoms with van der Waals surface area (Å²) >= 11 is 6.23. The van der Waals surface area contributed by atoms with Gasteiger partial charge in [-0.3, -0.25) is 0 Å². The highest BCUT2D eigenvalue weighted by Crippen LogP contribution is 2.48. The van der Waals surface area contributed by atoms with Crippen LogP contribution in [0.4, 0.5) is 8.78 Å². The average molecular weight is 427 g/mol. The number of halogens is 3. The molecule has 0 aliphatic carbocycles. The van der Waals surface area contributed by atoms with Crippen molar-refractivity contribution in [3.63, 3.8) is 0 Å². The highest BCUT2D eigenvalue weighted by molar-refractivity contribution is 6.30. The van der Waals surface area contributed by atoms with E-state index in [9.17, 15) is 8.78 Å². The molecule has 3 aromatic rings. The lowest BCUT2D eigenvalue weighted by Gasteiger charge is -2.38. The molecule has 0 saturated carbocycles. The summed E-state index contributed by atoms with van der Waals surface area (Å²) in [5.41, 5.74) is 3.22. The van der Waals surface area contributed by atoms with Crippen LogP contribution in [0.5, 0.6) is 11.5 Å². The van der Waals surface area contributed by atoms with Gasteiger partial charge in [-0.1, -0.05) is 17.7 Å². The molecule has 0 N–H and O–H groups in total. The third-order valence-electron chi connectivity index (χ3n) is 5.40. The van der Waals surface area contributed by atoms with Crippen LogP contribution in [0.2, 0.25) is 5.02 Å². The third-order valence-corrected chi connectivity index (χ3v) is 5.64. The van der Waals surface area contributed by atoms with Gasteiger partial charge in [0.05, 0.1) is 18.9 Å². The second-order valence-corrected chi connectivity index (χ2v) is 7.64. The predicted molar refractivity (Wildman–Crippen MR) is 110 cm³/mol. The van der Waals surface area contributed by atoms with Gasteiger partial charge < -0.3 is 9.47 Å². The van der Waals surface area contributed by atoms with Crippen LogP contribution in [0, 0.1) is 11.6 Å². The SMILES string of the molecule is COc1ccc(C2=NN3[C@@H](C2)c2cc(Cl)ccc2O[C@H]3c2ccc(F)c(F)c2)cc1. The Hall–Kier alpha value is -3.12. The molecule has 0 bridgehead atoms. The molecule has 2 atom stereocenters. The quantitative estimate of drug-likeness (QED) is 0.525. The first-order valence-electron chi connectivity index (χ1n) is 9.45. The molecule has 0 unspecified atom stereocenters. The number of benzene rings is 3. The molecule has 0 aromatic heterocycles. The maximum absolute atomic E-state index is 13.9. The van der Waals surface area contributed by atoms with Crippen molar-refractivity contribution in [2.24, 2.45) is 5.10 Å². The van der Waals surface area contributed by atoms with E-state index in [2.05, 4.69) is 0 Å². The minimum absolute atomic E-state index is 0.136. The smallest absolute Gasteiger partial charge is 0.213 e. The van der Waals surface area contributed by atoms with Crippen molar-refractivity contribution in [1.82, 2.24) is 5.01 Å². The van der Waals surface area contributed by atoms with Gasteiger partial charge in [0.1, 0.15) is 11.5 Å². The number of nitrogens with zero attached hydrogens (tertiary/aromatic N) is 2. The summed E-state index contributed by atoms with van der Waals surface area (Å²) in [7, 11) is 1.62. The molecule has 3 aromatic carbocycles. The number of hydrazone groups is 1. The second-order valence-electron chi connectivity index (χ2n) is 7.20. The molecule has 7 heteroatoms. The highest BCUT2D eigenvalue weighted by Gasteiger charge is 2.41. The standard InChI is InChI=1S/C23H17ClF2N2O2/c1-29-16-6-2-13(3-7-16)20-12-21-17-11-15(24)5-9-22(17)30-23(28(21)27-20)14-4-8-18(25)19(26)10-14/h2-11,21,23H,12H2,1H3/t21-,23-/m0/s1. The van der Waals surface area contributed by atoms with Gasteiger partial charge >= 0.3 is 0 Å². The van der Waals surface area contributed by atoms with Crippen LogP contribution < -0.4 is 9.47 Å². The number of methoxy groups -OCH3 is 1. The van der Waals surface area contributed by atoms with Crippen molar-refractivity contribution in [3.05, 3.63) is 94.0 Å². The molecule has 2 aliphatic rings. The van der Waals surface area contributed by atoms with Gasteiger partial charge in [0.15, 0.2) is 11.6 Å². The Morgan fingerprint density at radius 1 is 1.03 bits per heavy atom. The Balaban J connectivity index is 1.58. The molecule has 0 fully saturated rings. The fraction of sp³-hybridized carbons (Fsp3) is 0.174. The van der Waals surface area contributed by atoms with Crippen LogP contribution in [0.3, 0.4) is 0 Å². The minimum atomic E-state index is -0.923. The van der Waals surface area contributed by atoms with Crippen molar-refractivity contribution in [2.75, 3.05) is 7.11 Å². The minimum Gasteiger partial charge on any atom is -0.497 e. The zero-order valence-electron chi connectivity index (χ0n) is 16.0. The molecule has 2 aliphatic heterocycles. The first-order chi connectivity index (χ1) is 14.5. The van der Waals surface area contributed by atoms with E-state index in [0.29, 0.717) is 22.8 Å². The van der Waals surface area contributed by atoms with Crippen molar-refractivity contribution in [2.45, 2.75) is 18.7 Å². The fourth-order valence-electron chi connectivity index (χ4n) is 3.90. The molecule has 5 rings (SSSR count). The summed E-state index contributed by atoms with van der Waals surface area (Å²) in [6, 6.07) is 16.7. The molecule has 30 heavy (non-hydrogen) atoms. The van der Waals surface area contributed by atoms with Crippen LogP contribution in [0.1, 0.15) is 35.4 Å². The number of hydrogen-bond donors (Lipinski definition) is 0. The Kier molecular flexibility index (Phi) is 4.59. The topological polar surface area (TPSA) is 34.1 Å². The van der Waals surface area contributed by atoms with Gasteiger partial charge in [0.25, 0.3) is 0 Å². The highest BCUT2D eigenvalue weighted by atomic mass is 35.5. The normalized spacial score (nSPS) is 19.6. The summed E-state index contributed by atoms with van der Waals surface area (Å²) < 4.78 is 38.8. The lowest BCUT2D eigenvalue weighted by atomic mass is 9.96. The number of ether oxygens (including phenoxy) is 2. The zero-order valence-corrected chi connectivity index (χ0v) is 16.7. The van der Waals surface area contributed by atoms with E-state index < -0.39 is 17.9 Å². The van der Waals surface area contributed by atoms with Gasteiger partial charge in [-0.2, -0.15) is 5.10 Å². The zero-order chi connectivity index (χ0) is 20.8. The molecule has 2 heterocycles. The molecule has 4 nitrogen and oxygen atoms in total. The van der Waals surface area contributed by atoms with Crippen LogP contribution in [0.15, 0.2) is 65.8 Å². The lowest BCUT2D eigenvalue weighted by molar-refractivity contribution is -0.0192. The third kappa shape index (κ3) is 3.17. The van der Waals surface area contributed by atoms with Crippen molar-refractivity contribution in [3.8, 4) is 11.5 Å². The summed E-state index contributed by atoms with van der Waals surface area (Å²) in [6.07, 6.45) is -0.0574. The van der Waals surface area contributed by atoms with E-state index in [1.54, 1.807) is 24.3 Å². The Bertz CT molecular complexity index is 1150. The summed E-state index contributed by atoms with van der Waals surface area (Å²) in [4.78, 5) is 0. The second kappa shape index (κ2) is 7.29. The maximum Gasteiger partial charge on any atom is 0.213 e. The van der Waals surface area contributed by atoms with Gasteiger partial charge in [-0.25, -0.2) is 13.8 Å². The summed E-state index contributed by atoms with van der Waals surface area (Å²) in [5, 5.41) is 7.19. The maximum atomic E-state index is 13.9. The molecular weight excluding hydrogens is 410 g/mol. The van der Waals surface area contributed by atoms with Crippen LogP contribution in [-0.2, 0) is 0 Å².